The highest BCUT2D eigenvalue weighted by atomic mass is 32.2. The van der Waals surface area contributed by atoms with Crippen molar-refractivity contribution in [1.29, 1.82) is 0 Å². The van der Waals surface area contributed by atoms with Crippen LogP contribution in [0.2, 0.25) is 0 Å². The second-order valence-corrected chi connectivity index (χ2v) is 7.51. The zero-order chi connectivity index (χ0) is 16.4. The van der Waals surface area contributed by atoms with Crippen LogP contribution in [0.3, 0.4) is 0 Å². The number of hydrogen-bond acceptors (Lipinski definition) is 5. The van der Waals surface area contributed by atoms with Crippen LogP contribution in [0.1, 0.15) is 18.1 Å². The zero-order valence-corrected chi connectivity index (χ0v) is 13.6. The molecule has 0 radical (unpaired) electrons. The van der Waals surface area contributed by atoms with Gasteiger partial charge in [0, 0.05) is 18.5 Å². The van der Waals surface area contributed by atoms with E-state index in [1.54, 1.807) is 36.4 Å². The summed E-state index contributed by atoms with van der Waals surface area (Å²) in [6.07, 6.45) is -0.346. The molecule has 23 heavy (non-hydrogen) atoms. The second-order valence-electron chi connectivity index (χ2n) is 5.57. The molecule has 0 spiro atoms. The van der Waals surface area contributed by atoms with Gasteiger partial charge in [-0.3, -0.25) is 0 Å². The number of benzene rings is 2. The highest BCUT2D eigenvalue weighted by Gasteiger charge is 2.28. The van der Waals surface area contributed by atoms with Crippen molar-refractivity contribution in [3.05, 3.63) is 54.1 Å². The van der Waals surface area contributed by atoms with Gasteiger partial charge in [0.25, 0.3) is 0 Å². The molecule has 3 rings (SSSR count). The van der Waals surface area contributed by atoms with Crippen LogP contribution in [0.25, 0.3) is 0 Å². The Morgan fingerprint density at radius 2 is 1.91 bits per heavy atom. The topological polar surface area (TPSA) is 75.6 Å². The Morgan fingerprint density at radius 1 is 1.17 bits per heavy atom. The quantitative estimate of drug-likeness (QED) is 0.894. The van der Waals surface area contributed by atoms with Crippen molar-refractivity contribution >= 4 is 9.84 Å². The van der Waals surface area contributed by atoms with E-state index >= 15 is 0 Å². The standard InChI is InChI=1S/C17H19NO4S/c1-18-11-12-9-16(19)15-8-7-14(10-17(15)22-12)23(20,21)13-5-3-2-4-6-13/h2-8,10,12,16,18-19H,9,11H2,1H3. The normalized spacial score (nSPS) is 20.6. The number of aliphatic hydroxyl groups excluding tert-OH is 1. The summed E-state index contributed by atoms with van der Waals surface area (Å²) in [5.74, 6) is 0.431. The van der Waals surface area contributed by atoms with Gasteiger partial charge in [-0.2, -0.15) is 0 Å². The molecule has 0 aliphatic carbocycles. The smallest absolute Gasteiger partial charge is 0.206 e. The summed E-state index contributed by atoms with van der Waals surface area (Å²) in [6.45, 7) is 0.589. The Morgan fingerprint density at radius 3 is 2.61 bits per heavy atom. The fraction of sp³-hybridized carbons (Fsp3) is 0.294. The third kappa shape index (κ3) is 3.10. The second kappa shape index (κ2) is 6.31. The van der Waals surface area contributed by atoms with Crippen LogP contribution in [-0.4, -0.2) is 33.2 Å². The number of sulfone groups is 1. The van der Waals surface area contributed by atoms with Gasteiger partial charge in [0.15, 0.2) is 0 Å². The molecular weight excluding hydrogens is 314 g/mol. The Kier molecular flexibility index (Phi) is 4.39. The summed E-state index contributed by atoms with van der Waals surface area (Å²) >= 11 is 0. The first kappa shape index (κ1) is 16.0. The van der Waals surface area contributed by atoms with Crippen molar-refractivity contribution in [2.24, 2.45) is 0 Å². The van der Waals surface area contributed by atoms with Gasteiger partial charge in [-0.15, -0.1) is 0 Å². The van der Waals surface area contributed by atoms with Gasteiger partial charge in [-0.05, 0) is 31.3 Å². The van der Waals surface area contributed by atoms with Crippen LogP contribution >= 0.6 is 0 Å². The summed E-state index contributed by atoms with van der Waals surface area (Å²) in [6, 6.07) is 12.9. The Hall–Kier alpha value is -1.89. The summed E-state index contributed by atoms with van der Waals surface area (Å²) < 4.78 is 31.2. The highest BCUT2D eigenvalue weighted by molar-refractivity contribution is 7.91. The Labute approximate surface area is 135 Å². The van der Waals surface area contributed by atoms with Gasteiger partial charge >= 0.3 is 0 Å². The van der Waals surface area contributed by atoms with E-state index in [0.717, 1.165) is 0 Å². The molecule has 0 amide bonds. The molecule has 6 heteroatoms. The first-order valence-corrected chi connectivity index (χ1v) is 8.94. The molecule has 122 valence electrons. The lowest BCUT2D eigenvalue weighted by molar-refractivity contribution is 0.0666. The van der Waals surface area contributed by atoms with Gasteiger partial charge in [-0.25, -0.2) is 8.42 Å². The number of hydrogen-bond donors (Lipinski definition) is 2. The summed E-state index contributed by atoms with van der Waals surface area (Å²) in [4.78, 5) is 0.405. The molecule has 2 unspecified atom stereocenters. The van der Waals surface area contributed by atoms with E-state index in [4.69, 9.17) is 4.74 Å². The third-order valence-electron chi connectivity index (χ3n) is 3.92. The number of fused-ring (bicyclic) bond motifs is 1. The molecule has 1 aliphatic heterocycles. The van der Waals surface area contributed by atoms with Crippen LogP contribution in [-0.2, 0) is 9.84 Å². The SMILES string of the molecule is CNCC1CC(O)c2ccc(S(=O)(=O)c3ccccc3)cc2O1. The number of rotatable bonds is 4. The number of nitrogens with one attached hydrogen (secondary N) is 1. The van der Waals surface area contributed by atoms with Crippen LogP contribution in [0, 0.1) is 0 Å². The van der Waals surface area contributed by atoms with E-state index in [0.29, 0.717) is 24.3 Å². The average Bonchev–Trinajstić information content (AvgIpc) is 2.55. The van der Waals surface area contributed by atoms with E-state index in [9.17, 15) is 13.5 Å². The largest absolute Gasteiger partial charge is 0.489 e. The number of likely N-dealkylation sites (N-methyl/N-ethyl adjacent to an activating group) is 1. The maximum atomic E-state index is 12.7. The molecule has 5 nitrogen and oxygen atoms in total. The average molecular weight is 333 g/mol. The third-order valence-corrected chi connectivity index (χ3v) is 5.69. The summed E-state index contributed by atoms with van der Waals surface area (Å²) in [5, 5.41) is 13.2. The zero-order valence-electron chi connectivity index (χ0n) is 12.8. The van der Waals surface area contributed by atoms with Gasteiger partial charge < -0.3 is 15.2 Å². The minimum Gasteiger partial charge on any atom is -0.489 e. The molecule has 1 heterocycles. The molecule has 0 saturated carbocycles. The molecule has 2 aromatic carbocycles. The maximum Gasteiger partial charge on any atom is 0.206 e. The van der Waals surface area contributed by atoms with E-state index < -0.39 is 15.9 Å². The molecule has 0 bridgehead atoms. The van der Waals surface area contributed by atoms with Gasteiger partial charge in [0.05, 0.1) is 15.9 Å². The maximum absolute atomic E-state index is 12.7. The molecule has 0 fully saturated rings. The van der Waals surface area contributed by atoms with Gasteiger partial charge in [0.2, 0.25) is 9.84 Å². The predicted molar refractivity (Wildman–Crippen MR) is 86.3 cm³/mol. The van der Waals surface area contributed by atoms with Crippen molar-refractivity contribution in [2.75, 3.05) is 13.6 Å². The molecular formula is C17H19NO4S. The molecule has 0 saturated heterocycles. The fourth-order valence-electron chi connectivity index (χ4n) is 2.75. The minimum absolute atomic E-state index is 0.166. The highest BCUT2D eigenvalue weighted by Crippen LogP contribution is 2.37. The molecule has 2 N–H and O–H groups in total. The summed E-state index contributed by atoms with van der Waals surface area (Å²) in [7, 11) is -1.79. The van der Waals surface area contributed by atoms with Crippen LogP contribution in [0.15, 0.2) is 58.3 Å². The van der Waals surface area contributed by atoms with Crippen molar-refractivity contribution < 1.29 is 18.3 Å². The van der Waals surface area contributed by atoms with Crippen LogP contribution in [0.5, 0.6) is 5.75 Å². The van der Waals surface area contributed by atoms with Gasteiger partial charge in [-0.1, -0.05) is 24.3 Å². The minimum atomic E-state index is -3.60. The van der Waals surface area contributed by atoms with E-state index in [2.05, 4.69) is 5.32 Å². The lowest BCUT2D eigenvalue weighted by atomic mass is 9.99. The predicted octanol–water partition coefficient (Wildman–Crippen LogP) is 1.92. The molecule has 1 aliphatic rings. The number of aliphatic hydroxyl groups is 1. The van der Waals surface area contributed by atoms with Gasteiger partial charge in [0.1, 0.15) is 11.9 Å². The fourth-order valence-corrected chi connectivity index (χ4v) is 4.05. The van der Waals surface area contributed by atoms with E-state index in [-0.39, 0.29) is 15.9 Å². The van der Waals surface area contributed by atoms with E-state index in [1.165, 1.54) is 12.1 Å². The molecule has 0 aromatic heterocycles. The lowest BCUT2D eigenvalue weighted by Gasteiger charge is -2.29. The van der Waals surface area contributed by atoms with Crippen LogP contribution < -0.4 is 10.1 Å². The molecule has 2 aromatic rings. The first-order chi connectivity index (χ1) is 11.0. The summed E-state index contributed by atoms with van der Waals surface area (Å²) in [5.41, 5.74) is 0.629. The van der Waals surface area contributed by atoms with E-state index in [1.807, 2.05) is 7.05 Å². The Balaban J connectivity index is 1.99. The lowest BCUT2D eigenvalue weighted by Crippen LogP contribution is -2.34. The van der Waals surface area contributed by atoms with Crippen LogP contribution in [0.4, 0.5) is 0 Å². The van der Waals surface area contributed by atoms with Crippen molar-refractivity contribution in [1.82, 2.24) is 5.32 Å². The molecule has 2 atom stereocenters. The van der Waals surface area contributed by atoms with Crippen molar-refractivity contribution in [3.63, 3.8) is 0 Å². The Bertz CT molecular complexity index is 789. The monoisotopic (exact) mass is 333 g/mol. The van der Waals surface area contributed by atoms with Crippen molar-refractivity contribution in [3.8, 4) is 5.75 Å². The first-order valence-electron chi connectivity index (χ1n) is 7.46. The van der Waals surface area contributed by atoms with Crippen molar-refractivity contribution in [2.45, 2.75) is 28.4 Å². The number of ether oxygens (including phenoxy) is 1.